The Balaban J connectivity index is 1.86. The number of phenolic OH excluding ortho intramolecular Hbond substituents is 1. The van der Waals surface area contributed by atoms with Crippen molar-refractivity contribution in [3.63, 3.8) is 0 Å². The van der Waals surface area contributed by atoms with Gasteiger partial charge in [-0.05, 0) is 81.3 Å². The number of aryl methyl sites for hydroxylation is 2. The Labute approximate surface area is 166 Å². The molecule has 2 aromatic carbocycles. The molecule has 0 atom stereocenters. The molecular formula is C24H26N2O2. The van der Waals surface area contributed by atoms with Crippen LogP contribution in [0.4, 0.5) is 5.69 Å². The number of allylic oxidation sites excluding steroid dienone is 1. The third kappa shape index (κ3) is 4.17. The van der Waals surface area contributed by atoms with Crippen molar-refractivity contribution in [3.05, 3.63) is 83.7 Å². The summed E-state index contributed by atoms with van der Waals surface area (Å²) >= 11 is 0. The minimum atomic E-state index is 0.167. The van der Waals surface area contributed by atoms with Crippen LogP contribution in [0.3, 0.4) is 0 Å². The van der Waals surface area contributed by atoms with Crippen molar-refractivity contribution >= 4 is 11.9 Å². The highest BCUT2D eigenvalue weighted by molar-refractivity contribution is 5.83. The molecule has 1 N–H and O–H groups in total. The van der Waals surface area contributed by atoms with Crippen molar-refractivity contribution in [2.45, 2.75) is 27.2 Å². The first kappa shape index (κ1) is 19.5. The quantitative estimate of drug-likeness (QED) is 0.427. The van der Waals surface area contributed by atoms with Crippen LogP contribution in [0.15, 0.2) is 66.2 Å². The molecule has 28 heavy (non-hydrogen) atoms. The van der Waals surface area contributed by atoms with Crippen LogP contribution in [-0.4, -0.2) is 22.5 Å². The minimum absolute atomic E-state index is 0.167. The smallest absolute Gasteiger partial charge is 0.161 e. The largest absolute Gasteiger partial charge is 0.504 e. The van der Waals surface area contributed by atoms with E-state index in [1.54, 1.807) is 18.4 Å². The topological polar surface area (TPSA) is 46.8 Å². The van der Waals surface area contributed by atoms with E-state index >= 15 is 0 Å². The number of hydrogen-bond donors (Lipinski definition) is 1. The molecule has 0 amide bonds. The number of hydrogen-bond acceptors (Lipinski definition) is 3. The lowest BCUT2D eigenvalue weighted by Gasteiger charge is -2.11. The van der Waals surface area contributed by atoms with Gasteiger partial charge in [-0.2, -0.15) is 0 Å². The maximum Gasteiger partial charge on any atom is 0.161 e. The van der Waals surface area contributed by atoms with Crippen LogP contribution in [0.2, 0.25) is 0 Å². The molecule has 0 spiro atoms. The van der Waals surface area contributed by atoms with Crippen molar-refractivity contribution in [3.8, 4) is 17.2 Å². The number of rotatable bonds is 7. The van der Waals surface area contributed by atoms with E-state index in [-0.39, 0.29) is 5.75 Å². The summed E-state index contributed by atoms with van der Waals surface area (Å²) in [4.78, 5) is 4.58. The van der Waals surface area contributed by atoms with E-state index in [0.29, 0.717) is 18.8 Å². The number of phenols is 1. The molecule has 0 saturated carbocycles. The Kier molecular flexibility index (Phi) is 5.99. The zero-order valence-corrected chi connectivity index (χ0v) is 16.6. The van der Waals surface area contributed by atoms with Crippen LogP contribution in [0, 0.1) is 13.8 Å². The first-order valence-corrected chi connectivity index (χ1v) is 9.42. The van der Waals surface area contributed by atoms with Crippen LogP contribution in [-0.2, 0) is 6.42 Å². The average molecular weight is 374 g/mol. The Morgan fingerprint density at radius 2 is 1.75 bits per heavy atom. The van der Waals surface area contributed by atoms with Gasteiger partial charge in [-0.3, -0.25) is 4.99 Å². The summed E-state index contributed by atoms with van der Waals surface area (Å²) < 4.78 is 7.76. The molecule has 0 unspecified atom stereocenters. The lowest BCUT2D eigenvalue weighted by atomic mass is 10.1. The summed E-state index contributed by atoms with van der Waals surface area (Å²) in [5, 5.41) is 10.3. The first-order valence-electron chi connectivity index (χ1n) is 9.42. The van der Waals surface area contributed by atoms with Crippen molar-refractivity contribution in [2.24, 2.45) is 4.99 Å². The lowest BCUT2D eigenvalue weighted by Crippen LogP contribution is -1.97. The lowest BCUT2D eigenvalue weighted by molar-refractivity contribution is 0.317. The molecule has 1 heterocycles. The average Bonchev–Trinajstić information content (AvgIpc) is 3.02. The fraction of sp³-hybridized carbons (Fsp3) is 0.208. The van der Waals surface area contributed by atoms with Crippen LogP contribution in [0.1, 0.15) is 29.4 Å². The minimum Gasteiger partial charge on any atom is -0.504 e. The predicted octanol–water partition coefficient (Wildman–Crippen LogP) is 5.68. The molecule has 4 nitrogen and oxygen atoms in total. The molecule has 0 aliphatic carbocycles. The van der Waals surface area contributed by atoms with Gasteiger partial charge in [0, 0.05) is 28.9 Å². The number of aliphatic imine (C=N–C) groups is 1. The summed E-state index contributed by atoms with van der Waals surface area (Å²) in [7, 11) is 0. The summed E-state index contributed by atoms with van der Waals surface area (Å²) in [6, 6.07) is 16.1. The van der Waals surface area contributed by atoms with Gasteiger partial charge < -0.3 is 14.4 Å². The van der Waals surface area contributed by atoms with Crippen LogP contribution in [0.5, 0.6) is 11.5 Å². The highest BCUT2D eigenvalue weighted by atomic mass is 16.5. The molecule has 1 aromatic heterocycles. The number of nitrogens with zero attached hydrogens (tertiary/aromatic N) is 2. The Hall–Kier alpha value is -3.27. The predicted molar refractivity (Wildman–Crippen MR) is 116 cm³/mol. The molecule has 144 valence electrons. The first-order chi connectivity index (χ1) is 13.5. The van der Waals surface area contributed by atoms with Gasteiger partial charge in [0.05, 0.1) is 12.3 Å². The summed E-state index contributed by atoms with van der Waals surface area (Å²) in [5.41, 5.74) is 6.04. The van der Waals surface area contributed by atoms with Gasteiger partial charge >= 0.3 is 0 Å². The molecule has 0 aliphatic rings. The molecule has 3 rings (SSSR count). The van der Waals surface area contributed by atoms with Gasteiger partial charge in [-0.25, -0.2) is 0 Å². The van der Waals surface area contributed by atoms with Gasteiger partial charge in [-0.1, -0.05) is 6.08 Å². The molecule has 0 aliphatic heterocycles. The highest BCUT2D eigenvalue weighted by Crippen LogP contribution is 2.32. The normalized spacial score (nSPS) is 11.1. The summed E-state index contributed by atoms with van der Waals surface area (Å²) in [5.74, 6) is 0.637. The van der Waals surface area contributed by atoms with Crippen LogP contribution < -0.4 is 4.74 Å². The van der Waals surface area contributed by atoms with E-state index in [1.807, 2.05) is 25.1 Å². The Morgan fingerprint density at radius 1 is 1.07 bits per heavy atom. The maximum atomic E-state index is 10.3. The molecule has 4 heteroatoms. The number of ether oxygens (including phenoxy) is 1. The van der Waals surface area contributed by atoms with E-state index in [9.17, 15) is 5.11 Å². The Bertz CT molecular complexity index is 979. The number of aromatic nitrogens is 1. The molecule has 0 bridgehead atoms. The van der Waals surface area contributed by atoms with E-state index in [2.05, 4.69) is 54.3 Å². The van der Waals surface area contributed by atoms with Gasteiger partial charge in [-0.15, -0.1) is 6.58 Å². The van der Waals surface area contributed by atoms with Gasteiger partial charge in [0.2, 0.25) is 0 Å². The second-order valence-corrected chi connectivity index (χ2v) is 6.68. The van der Waals surface area contributed by atoms with Crippen molar-refractivity contribution in [1.82, 2.24) is 4.57 Å². The van der Waals surface area contributed by atoms with Crippen molar-refractivity contribution in [2.75, 3.05) is 6.61 Å². The monoisotopic (exact) mass is 374 g/mol. The second-order valence-electron chi connectivity index (χ2n) is 6.68. The van der Waals surface area contributed by atoms with E-state index in [0.717, 1.165) is 22.5 Å². The summed E-state index contributed by atoms with van der Waals surface area (Å²) in [6.45, 7) is 10.3. The van der Waals surface area contributed by atoms with E-state index in [1.165, 1.54) is 11.4 Å². The van der Waals surface area contributed by atoms with Crippen molar-refractivity contribution < 1.29 is 9.84 Å². The third-order valence-electron chi connectivity index (χ3n) is 4.58. The number of benzene rings is 2. The molecule has 0 fully saturated rings. The SMILES string of the molecule is C=CCc1cc(C=Nc2ccc(-n3c(C)ccc3C)cc2)cc(OCC)c1O. The molecule has 3 aromatic rings. The van der Waals surface area contributed by atoms with Gasteiger partial charge in [0.25, 0.3) is 0 Å². The zero-order chi connectivity index (χ0) is 20.1. The van der Waals surface area contributed by atoms with E-state index in [4.69, 9.17) is 4.74 Å². The second kappa shape index (κ2) is 8.61. The van der Waals surface area contributed by atoms with Gasteiger partial charge in [0.1, 0.15) is 0 Å². The van der Waals surface area contributed by atoms with Crippen LogP contribution in [0.25, 0.3) is 5.69 Å². The number of aromatic hydroxyl groups is 1. The zero-order valence-electron chi connectivity index (χ0n) is 16.6. The van der Waals surface area contributed by atoms with E-state index < -0.39 is 0 Å². The standard InChI is InChI=1S/C24H26N2O2/c1-5-7-20-14-19(15-23(24(20)27)28-6-2)16-25-21-10-12-22(13-11-21)26-17(3)8-9-18(26)4/h5,8-16,27H,1,6-7H2,2-4H3. The highest BCUT2D eigenvalue weighted by Gasteiger charge is 2.09. The molecule has 0 saturated heterocycles. The molecule has 0 radical (unpaired) electrons. The maximum absolute atomic E-state index is 10.3. The Morgan fingerprint density at radius 3 is 2.36 bits per heavy atom. The fourth-order valence-electron chi connectivity index (χ4n) is 3.25. The van der Waals surface area contributed by atoms with Crippen LogP contribution >= 0.6 is 0 Å². The fourth-order valence-corrected chi connectivity index (χ4v) is 3.25. The summed E-state index contributed by atoms with van der Waals surface area (Å²) in [6.07, 6.45) is 4.11. The van der Waals surface area contributed by atoms with Gasteiger partial charge in [0.15, 0.2) is 11.5 Å². The third-order valence-corrected chi connectivity index (χ3v) is 4.58. The van der Waals surface area contributed by atoms with Crippen molar-refractivity contribution in [1.29, 1.82) is 0 Å². The molecular weight excluding hydrogens is 348 g/mol.